The van der Waals surface area contributed by atoms with Crippen molar-refractivity contribution in [2.24, 2.45) is 0 Å². The molecule has 37 heavy (non-hydrogen) atoms. The van der Waals surface area contributed by atoms with Crippen LogP contribution >= 0.6 is 0 Å². The quantitative estimate of drug-likeness (QED) is 0.222. The molecule has 2 fully saturated rings. The first-order chi connectivity index (χ1) is 18.0. The highest BCUT2D eigenvalue weighted by Crippen LogP contribution is 2.40. The first kappa shape index (κ1) is 27.7. The molecule has 0 amide bonds. The van der Waals surface area contributed by atoms with Crippen LogP contribution in [0.4, 0.5) is 13.2 Å². The van der Waals surface area contributed by atoms with Crippen molar-refractivity contribution < 1.29 is 27.4 Å². The molecule has 3 nitrogen and oxygen atoms in total. The molecule has 0 spiro atoms. The molecule has 0 aliphatic heterocycles. The van der Waals surface area contributed by atoms with Gasteiger partial charge in [0, 0.05) is 6.61 Å². The highest BCUT2D eigenvalue weighted by molar-refractivity contribution is 5.32. The minimum Gasteiger partial charge on any atom is -0.490 e. The summed E-state index contributed by atoms with van der Waals surface area (Å²) in [4.78, 5) is 0. The molecule has 0 atom stereocenters. The van der Waals surface area contributed by atoms with Crippen LogP contribution < -0.4 is 4.74 Å². The van der Waals surface area contributed by atoms with Gasteiger partial charge in [0.25, 0.3) is 0 Å². The van der Waals surface area contributed by atoms with E-state index in [0.29, 0.717) is 37.4 Å². The summed E-state index contributed by atoms with van der Waals surface area (Å²) in [5, 5.41) is 0. The van der Waals surface area contributed by atoms with Gasteiger partial charge in [0.15, 0.2) is 23.2 Å². The Bertz CT molecular complexity index is 1020. The van der Waals surface area contributed by atoms with E-state index in [1.54, 1.807) is 30.3 Å². The maximum atomic E-state index is 15.2. The highest BCUT2D eigenvalue weighted by Gasteiger charge is 2.30. The number of rotatable bonds is 11. The molecule has 2 aliphatic carbocycles. The fourth-order valence-electron chi connectivity index (χ4n) is 5.74. The lowest BCUT2D eigenvalue weighted by Crippen LogP contribution is -2.23. The summed E-state index contributed by atoms with van der Waals surface area (Å²) in [6.07, 6.45) is 9.11. The van der Waals surface area contributed by atoms with Crippen LogP contribution in [-0.4, -0.2) is 25.4 Å². The fraction of sp³-hybridized carbons (Fsp3) is 0.548. The minimum absolute atomic E-state index is 0.0125. The van der Waals surface area contributed by atoms with Crippen molar-refractivity contribution in [1.29, 1.82) is 0 Å². The molecule has 2 saturated carbocycles. The number of halogens is 3. The monoisotopic (exact) mass is 516 g/mol. The Kier molecular flexibility index (Phi) is 10.1. The Morgan fingerprint density at radius 1 is 0.811 bits per heavy atom. The molecule has 0 aromatic heterocycles. The van der Waals surface area contributed by atoms with Crippen LogP contribution in [-0.2, 0) is 16.1 Å². The zero-order valence-corrected chi connectivity index (χ0v) is 21.8. The van der Waals surface area contributed by atoms with Crippen molar-refractivity contribution in [2.75, 3.05) is 13.2 Å². The number of benzene rings is 2. The van der Waals surface area contributed by atoms with E-state index in [2.05, 4.69) is 6.58 Å². The Hall–Kier alpha value is -2.31. The first-order valence-electron chi connectivity index (χ1n) is 13.7. The second kappa shape index (κ2) is 13.5. The van der Waals surface area contributed by atoms with Gasteiger partial charge in [-0.3, -0.25) is 0 Å². The zero-order valence-electron chi connectivity index (χ0n) is 21.8. The van der Waals surface area contributed by atoms with Gasteiger partial charge in [-0.2, -0.15) is 0 Å². The SMILES string of the molecule is C=CCCOc1ccc(COC2CCC(c3ccc(C4CCC(OCC)CC4)c(F)c3F)CC2)cc1F. The van der Waals surface area contributed by atoms with Crippen LogP contribution in [0.2, 0.25) is 0 Å². The zero-order chi connectivity index (χ0) is 26.2. The normalized spacial score (nSPS) is 24.1. The molecule has 0 N–H and O–H groups in total. The third-order valence-electron chi connectivity index (χ3n) is 7.83. The predicted molar refractivity (Wildman–Crippen MR) is 139 cm³/mol. The number of hydrogen-bond acceptors (Lipinski definition) is 3. The molecule has 6 heteroatoms. The van der Waals surface area contributed by atoms with E-state index in [1.165, 1.54) is 6.07 Å². The largest absolute Gasteiger partial charge is 0.490 e. The smallest absolute Gasteiger partial charge is 0.165 e. The summed E-state index contributed by atoms with van der Waals surface area (Å²) in [5.41, 5.74) is 1.74. The topological polar surface area (TPSA) is 27.7 Å². The molecule has 4 rings (SSSR count). The van der Waals surface area contributed by atoms with Gasteiger partial charge in [0.05, 0.1) is 25.4 Å². The van der Waals surface area contributed by atoms with Gasteiger partial charge in [-0.05, 0) is 105 Å². The molecule has 0 heterocycles. The molecular weight excluding hydrogens is 477 g/mol. The van der Waals surface area contributed by atoms with Gasteiger partial charge >= 0.3 is 0 Å². The lowest BCUT2D eigenvalue weighted by Gasteiger charge is -2.31. The third-order valence-corrected chi connectivity index (χ3v) is 7.83. The van der Waals surface area contributed by atoms with E-state index in [4.69, 9.17) is 14.2 Å². The molecule has 2 aliphatic rings. The average Bonchev–Trinajstić information content (AvgIpc) is 2.91. The van der Waals surface area contributed by atoms with Crippen molar-refractivity contribution in [2.45, 2.75) is 95.4 Å². The van der Waals surface area contributed by atoms with Gasteiger partial charge in [-0.25, -0.2) is 13.2 Å². The maximum absolute atomic E-state index is 15.2. The summed E-state index contributed by atoms with van der Waals surface area (Å²) in [7, 11) is 0. The molecule has 2 aromatic rings. The maximum Gasteiger partial charge on any atom is 0.165 e. The van der Waals surface area contributed by atoms with E-state index in [9.17, 15) is 4.39 Å². The standard InChI is InChI=1S/C31H39F3O3/c1-3-5-18-36-29-17-6-21(19-28(29)32)20-37-25-13-9-23(10-14-25)27-16-15-26(30(33)31(27)34)22-7-11-24(12-8-22)35-4-2/h3,6,15-17,19,22-25H,1,4-5,7-14,18,20H2,2H3. The Morgan fingerprint density at radius 3 is 1.89 bits per heavy atom. The summed E-state index contributed by atoms with van der Waals surface area (Å²) < 4.78 is 61.7. The summed E-state index contributed by atoms with van der Waals surface area (Å²) in [6, 6.07) is 8.48. The van der Waals surface area contributed by atoms with Gasteiger partial charge < -0.3 is 14.2 Å². The lowest BCUT2D eigenvalue weighted by molar-refractivity contribution is 0.0129. The van der Waals surface area contributed by atoms with E-state index in [-0.39, 0.29) is 29.8 Å². The van der Waals surface area contributed by atoms with E-state index in [0.717, 1.165) is 56.9 Å². The third kappa shape index (κ3) is 7.17. The van der Waals surface area contributed by atoms with E-state index >= 15 is 8.78 Å². The van der Waals surface area contributed by atoms with Crippen LogP contribution in [0.15, 0.2) is 43.0 Å². The molecule has 2 aromatic carbocycles. The highest BCUT2D eigenvalue weighted by atomic mass is 19.2. The first-order valence-corrected chi connectivity index (χ1v) is 13.7. The Balaban J connectivity index is 1.27. The number of hydrogen-bond donors (Lipinski definition) is 0. The summed E-state index contributed by atoms with van der Waals surface area (Å²) in [5.74, 6) is -1.49. The van der Waals surface area contributed by atoms with Crippen molar-refractivity contribution >= 4 is 0 Å². The van der Waals surface area contributed by atoms with E-state index in [1.807, 2.05) is 6.92 Å². The van der Waals surface area contributed by atoms with Crippen LogP contribution in [0.25, 0.3) is 0 Å². The Labute approximate surface area is 219 Å². The molecule has 0 unspecified atom stereocenters. The molecule has 202 valence electrons. The molecular formula is C31H39F3O3. The van der Waals surface area contributed by atoms with Gasteiger partial charge in [-0.1, -0.05) is 24.3 Å². The second-order valence-electron chi connectivity index (χ2n) is 10.3. The van der Waals surface area contributed by atoms with Gasteiger partial charge in [0.2, 0.25) is 0 Å². The molecule has 0 saturated heterocycles. The van der Waals surface area contributed by atoms with Gasteiger partial charge in [-0.15, -0.1) is 6.58 Å². The van der Waals surface area contributed by atoms with Crippen LogP contribution in [0.3, 0.4) is 0 Å². The minimum atomic E-state index is -0.681. The summed E-state index contributed by atoms with van der Waals surface area (Å²) >= 11 is 0. The Morgan fingerprint density at radius 2 is 1.38 bits per heavy atom. The van der Waals surface area contributed by atoms with Crippen LogP contribution in [0.1, 0.15) is 93.2 Å². The van der Waals surface area contributed by atoms with Crippen molar-refractivity contribution in [3.8, 4) is 5.75 Å². The summed E-state index contributed by atoms with van der Waals surface area (Å²) in [6.45, 7) is 7.01. The van der Waals surface area contributed by atoms with Crippen molar-refractivity contribution in [1.82, 2.24) is 0 Å². The lowest BCUT2D eigenvalue weighted by atomic mass is 9.79. The van der Waals surface area contributed by atoms with Crippen molar-refractivity contribution in [3.05, 3.63) is 77.1 Å². The predicted octanol–water partition coefficient (Wildman–Crippen LogP) is 8.36. The molecule has 0 bridgehead atoms. The van der Waals surface area contributed by atoms with E-state index < -0.39 is 17.5 Å². The van der Waals surface area contributed by atoms with Gasteiger partial charge in [0.1, 0.15) is 0 Å². The van der Waals surface area contributed by atoms with Crippen LogP contribution in [0, 0.1) is 17.5 Å². The fourth-order valence-corrected chi connectivity index (χ4v) is 5.74. The van der Waals surface area contributed by atoms with Crippen molar-refractivity contribution in [3.63, 3.8) is 0 Å². The van der Waals surface area contributed by atoms with Crippen LogP contribution in [0.5, 0.6) is 5.75 Å². The number of ether oxygens (including phenoxy) is 3. The second-order valence-corrected chi connectivity index (χ2v) is 10.3. The average molecular weight is 517 g/mol. The molecule has 0 radical (unpaired) electrons.